The van der Waals surface area contributed by atoms with Crippen LogP contribution in [0.2, 0.25) is 0 Å². The molecule has 0 saturated heterocycles. The minimum Gasteiger partial charge on any atom is -0.378 e. The Morgan fingerprint density at radius 1 is 1.16 bits per heavy atom. The van der Waals surface area contributed by atoms with Gasteiger partial charge in [-0.3, -0.25) is 0 Å². The van der Waals surface area contributed by atoms with Crippen LogP contribution in [-0.4, -0.2) is 37.6 Å². The highest BCUT2D eigenvalue weighted by atomic mass is 32.2. The molecule has 3 rings (SSSR count). The lowest BCUT2D eigenvalue weighted by molar-refractivity contribution is -0.141. The number of nitrogens with one attached hydrogen (secondary N) is 2. The Morgan fingerprint density at radius 3 is 2.48 bits per heavy atom. The molecular weight excluding hydrogens is 433 g/mol. The number of nitrogens with zero attached hydrogens (tertiary/aromatic N) is 2. The van der Waals surface area contributed by atoms with Crippen LogP contribution in [0, 0.1) is 0 Å². The fraction of sp³-hybridized carbons (Fsp3) is 0.500. The van der Waals surface area contributed by atoms with Gasteiger partial charge in [0.25, 0.3) is 10.0 Å². The molecule has 1 unspecified atom stereocenters. The zero-order valence-electron chi connectivity index (χ0n) is 17.2. The van der Waals surface area contributed by atoms with Gasteiger partial charge in [0.05, 0.1) is 17.3 Å². The van der Waals surface area contributed by atoms with Gasteiger partial charge in [-0.15, -0.1) is 0 Å². The summed E-state index contributed by atoms with van der Waals surface area (Å²) in [5.74, 6) is 0.387. The van der Waals surface area contributed by atoms with E-state index in [2.05, 4.69) is 20.0 Å². The average molecular weight is 459 g/mol. The van der Waals surface area contributed by atoms with Crippen molar-refractivity contribution in [2.45, 2.75) is 55.5 Å². The molecule has 2 heterocycles. The summed E-state index contributed by atoms with van der Waals surface area (Å²) in [5.41, 5.74) is -1.25. The predicted molar refractivity (Wildman–Crippen MR) is 109 cm³/mol. The van der Waals surface area contributed by atoms with E-state index in [1.165, 1.54) is 25.1 Å². The van der Waals surface area contributed by atoms with Crippen molar-refractivity contribution in [3.05, 3.63) is 47.8 Å². The molecule has 0 aromatic carbocycles. The maximum Gasteiger partial charge on any atom is 0.433 e. The van der Waals surface area contributed by atoms with E-state index in [0.29, 0.717) is 12.4 Å². The molecule has 1 aliphatic rings. The van der Waals surface area contributed by atoms with Crippen LogP contribution in [0.3, 0.4) is 0 Å². The van der Waals surface area contributed by atoms with Gasteiger partial charge in [-0.25, -0.2) is 23.1 Å². The Hall–Kier alpha value is -2.24. The predicted octanol–water partition coefficient (Wildman–Crippen LogP) is 3.91. The Labute approximate surface area is 179 Å². The molecule has 0 amide bonds. The maximum absolute atomic E-state index is 12.9. The van der Waals surface area contributed by atoms with Gasteiger partial charge in [0, 0.05) is 13.7 Å². The second-order valence-electron chi connectivity index (χ2n) is 7.57. The molecule has 1 fully saturated rings. The molecule has 11 heteroatoms. The molecule has 7 nitrogen and oxygen atoms in total. The number of hydrogen-bond acceptors (Lipinski definition) is 6. The highest BCUT2D eigenvalue weighted by molar-refractivity contribution is 7.89. The van der Waals surface area contributed by atoms with E-state index in [4.69, 9.17) is 4.74 Å². The van der Waals surface area contributed by atoms with Crippen LogP contribution in [0.1, 0.15) is 50.0 Å². The third kappa shape index (κ3) is 5.72. The molecule has 170 valence electrons. The molecule has 0 aliphatic heterocycles. The van der Waals surface area contributed by atoms with Crippen LogP contribution < -0.4 is 10.0 Å². The van der Waals surface area contributed by atoms with Gasteiger partial charge in [0.1, 0.15) is 11.5 Å². The fourth-order valence-electron chi connectivity index (χ4n) is 3.41. The molecule has 2 aromatic rings. The smallest absolute Gasteiger partial charge is 0.378 e. The minimum atomic E-state index is -4.61. The maximum atomic E-state index is 12.9. The third-order valence-electron chi connectivity index (χ3n) is 5.42. The summed E-state index contributed by atoms with van der Waals surface area (Å²) in [6.45, 7) is 1.99. The molecule has 1 aliphatic carbocycles. The van der Waals surface area contributed by atoms with Crippen molar-refractivity contribution in [1.82, 2.24) is 14.7 Å². The first-order chi connectivity index (χ1) is 14.5. The molecular formula is C20H25F3N4O3S. The van der Waals surface area contributed by atoms with Crippen LogP contribution in [-0.2, 0) is 20.9 Å². The van der Waals surface area contributed by atoms with Gasteiger partial charge in [-0.2, -0.15) is 13.2 Å². The summed E-state index contributed by atoms with van der Waals surface area (Å²) < 4.78 is 72.0. The lowest BCUT2D eigenvalue weighted by Crippen LogP contribution is -2.40. The standard InChI is InChI=1S/C20H25F3N4O3S/c1-14(15-6-3-7-16(25-15)20(21,22)23)27-31(28,29)18-9-4-8-17(26-18)24-13-12-19(30-2)10-5-11-19/h3-4,6-9,14,27H,5,10-13H2,1-2H3,(H,24,26). The lowest BCUT2D eigenvalue weighted by atomic mass is 9.77. The number of methoxy groups -OCH3 is 1. The largest absolute Gasteiger partial charge is 0.433 e. The molecule has 31 heavy (non-hydrogen) atoms. The molecule has 0 radical (unpaired) electrons. The summed E-state index contributed by atoms with van der Waals surface area (Å²) in [7, 11) is -2.39. The topological polar surface area (TPSA) is 93.2 Å². The fourth-order valence-corrected chi connectivity index (χ4v) is 4.60. The highest BCUT2D eigenvalue weighted by Gasteiger charge is 2.36. The van der Waals surface area contributed by atoms with Crippen LogP contribution in [0.15, 0.2) is 41.4 Å². The van der Waals surface area contributed by atoms with Gasteiger partial charge >= 0.3 is 6.18 Å². The summed E-state index contributed by atoms with van der Waals surface area (Å²) in [4.78, 5) is 7.66. The van der Waals surface area contributed by atoms with Gasteiger partial charge in [0.15, 0.2) is 5.03 Å². The summed E-state index contributed by atoms with van der Waals surface area (Å²) in [6.07, 6.45) is -0.711. The third-order valence-corrected chi connectivity index (χ3v) is 6.86. The Bertz CT molecular complexity index is 1010. The van der Waals surface area contributed by atoms with Crippen molar-refractivity contribution in [3.63, 3.8) is 0 Å². The van der Waals surface area contributed by atoms with E-state index in [1.807, 2.05) is 0 Å². The van der Waals surface area contributed by atoms with Crippen LogP contribution in [0.25, 0.3) is 0 Å². The summed E-state index contributed by atoms with van der Waals surface area (Å²) in [5, 5.41) is 2.87. The number of rotatable bonds is 9. The van der Waals surface area contributed by atoms with E-state index in [-0.39, 0.29) is 16.3 Å². The normalized spacial score (nSPS) is 17.1. The minimum absolute atomic E-state index is 0.0435. The number of anilines is 1. The van der Waals surface area contributed by atoms with Gasteiger partial charge in [-0.1, -0.05) is 12.1 Å². The van der Waals surface area contributed by atoms with E-state index in [9.17, 15) is 21.6 Å². The van der Waals surface area contributed by atoms with E-state index >= 15 is 0 Å². The van der Waals surface area contributed by atoms with Crippen LogP contribution >= 0.6 is 0 Å². The summed E-state index contributed by atoms with van der Waals surface area (Å²) in [6, 6.07) is 6.89. The molecule has 2 N–H and O–H groups in total. The molecule has 0 bridgehead atoms. The van der Waals surface area contributed by atoms with Crippen molar-refractivity contribution in [2.75, 3.05) is 19.0 Å². The first-order valence-electron chi connectivity index (χ1n) is 9.87. The highest BCUT2D eigenvalue weighted by Crippen LogP contribution is 2.37. The van der Waals surface area contributed by atoms with Crippen LogP contribution in [0.4, 0.5) is 19.0 Å². The molecule has 0 spiro atoms. The van der Waals surface area contributed by atoms with Crippen molar-refractivity contribution in [3.8, 4) is 0 Å². The lowest BCUT2D eigenvalue weighted by Gasteiger charge is -2.40. The van der Waals surface area contributed by atoms with E-state index in [1.54, 1.807) is 19.2 Å². The SMILES string of the molecule is COC1(CCNc2cccc(S(=O)(=O)NC(C)c3cccc(C(F)(F)F)n3)n2)CCC1. The zero-order valence-corrected chi connectivity index (χ0v) is 18.1. The number of halogens is 3. The second-order valence-corrected chi connectivity index (χ2v) is 9.23. The quantitative estimate of drug-likeness (QED) is 0.592. The number of pyridine rings is 2. The number of alkyl halides is 3. The number of ether oxygens (including phenoxy) is 1. The van der Waals surface area contributed by atoms with Gasteiger partial charge in [-0.05, 0) is 56.9 Å². The second kappa shape index (κ2) is 9.09. The Morgan fingerprint density at radius 2 is 1.87 bits per heavy atom. The zero-order chi connectivity index (χ0) is 22.7. The number of sulfonamides is 1. The van der Waals surface area contributed by atoms with Crippen molar-refractivity contribution in [2.24, 2.45) is 0 Å². The van der Waals surface area contributed by atoms with E-state index in [0.717, 1.165) is 31.7 Å². The monoisotopic (exact) mass is 458 g/mol. The molecule has 1 atom stereocenters. The number of aromatic nitrogens is 2. The first kappa shape index (κ1) is 23.4. The Balaban J connectivity index is 1.67. The van der Waals surface area contributed by atoms with Crippen LogP contribution in [0.5, 0.6) is 0 Å². The van der Waals surface area contributed by atoms with Gasteiger partial charge < -0.3 is 10.1 Å². The average Bonchev–Trinajstić information content (AvgIpc) is 2.69. The molecule has 2 aromatic heterocycles. The van der Waals surface area contributed by atoms with Crippen molar-refractivity contribution < 1.29 is 26.3 Å². The first-order valence-corrected chi connectivity index (χ1v) is 11.4. The van der Waals surface area contributed by atoms with Gasteiger partial charge in [0.2, 0.25) is 0 Å². The number of hydrogen-bond donors (Lipinski definition) is 2. The van der Waals surface area contributed by atoms with Crippen molar-refractivity contribution >= 4 is 15.8 Å². The van der Waals surface area contributed by atoms with Crippen molar-refractivity contribution in [1.29, 1.82) is 0 Å². The van der Waals surface area contributed by atoms with E-state index < -0.39 is 27.9 Å². The summed E-state index contributed by atoms with van der Waals surface area (Å²) >= 11 is 0. The molecule has 1 saturated carbocycles. The Kier molecular flexibility index (Phi) is 6.87.